The van der Waals surface area contributed by atoms with Gasteiger partial charge in [-0.15, -0.1) is 0 Å². The van der Waals surface area contributed by atoms with E-state index < -0.39 is 0 Å². The second-order valence-electron chi connectivity index (χ2n) is 3.66. The van der Waals surface area contributed by atoms with Crippen molar-refractivity contribution in [2.75, 3.05) is 29.9 Å². The Morgan fingerprint density at radius 1 is 1.56 bits per heavy atom. The second-order valence-corrected chi connectivity index (χ2v) is 3.66. The maximum atomic E-state index is 13.6. The molecule has 0 unspecified atom stereocenters. The van der Waals surface area contributed by atoms with Crippen molar-refractivity contribution in [1.29, 1.82) is 0 Å². The Morgan fingerprint density at radius 2 is 2.38 bits per heavy atom. The van der Waals surface area contributed by atoms with Crippen molar-refractivity contribution in [2.24, 2.45) is 5.73 Å². The first-order valence-corrected chi connectivity index (χ1v) is 5.27. The molecule has 1 aromatic carbocycles. The van der Waals surface area contributed by atoms with Gasteiger partial charge in [0.1, 0.15) is 5.82 Å². The van der Waals surface area contributed by atoms with Gasteiger partial charge < -0.3 is 16.0 Å². The topological polar surface area (TPSA) is 58.4 Å². The van der Waals surface area contributed by atoms with Gasteiger partial charge in [-0.05, 0) is 18.6 Å². The molecule has 0 saturated heterocycles. The standard InChI is InChI=1S/C11H14FN3O/c12-8-3-1-4-9-11(8)14-5-2-6-15(9)10(16)7-13/h1,3-4,14H,2,5-7,13H2. The van der Waals surface area contributed by atoms with Crippen LogP contribution in [0.4, 0.5) is 15.8 Å². The number of nitrogens with one attached hydrogen (secondary N) is 1. The Labute approximate surface area is 93.2 Å². The van der Waals surface area contributed by atoms with Gasteiger partial charge in [-0.2, -0.15) is 0 Å². The molecule has 1 aliphatic rings. The summed E-state index contributed by atoms with van der Waals surface area (Å²) in [7, 11) is 0. The molecule has 0 radical (unpaired) electrons. The molecule has 0 saturated carbocycles. The van der Waals surface area contributed by atoms with E-state index in [1.54, 1.807) is 17.0 Å². The van der Waals surface area contributed by atoms with E-state index in [-0.39, 0.29) is 18.3 Å². The third kappa shape index (κ3) is 1.86. The molecule has 0 bridgehead atoms. The minimum atomic E-state index is -0.339. The number of anilines is 2. The molecule has 3 N–H and O–H groups in total. The molecule has 0 aliphatic carbocycles. The lowest BCUT2D eigenvalue weighted by Gasteiger charge is -2.21. The summed E-state index contributed by atoms with van der Waals surface area (Å²) in [5.74, 6) is -0.523. The monoisotopic (exact) mass is 223 g/mol. The lowest BCUT2D eigenvalue weighted by atomic mass is 10.2. The third-order valence-electron chi connectivity index (χ3n) is 2.62. The molecule has 1 amide bonds. The Hall–Kier alpha value is -1.62. The van der Waals surface area contributed by atoms with Crippen LogP contribution in [-0.4, -0.2) is 25.5 Å². The van der Waals surface area contributed by atoms with Crippen molar-refractivity contribution in [1.82, 2.24) is 0 Å². The quantitative estimate of drug-likeness (QED) is 0.744. The summed E-state index contributed by atoms with van der Waals surface area (Å²) in [6.07, 6.45) is 0.778. The van der Waals surface area contributed by atoms with Gasteiger partial charge in [-0.1, -0.05) is 6.07 Å². The summed E-state index contributed by atoms with van der Waals surface area (Å²) in [5.41, 5.74) is 6.31. The molecule has 2 rings (SSSR count). The van der Waals surface area contributed by atoms with E-state index in [4.69, 9.17) is 5.73 Å². The number of halogens is 1. The average molecular weight is 223 g/mol. The van der Waals surface area contributed by atoms with Gasteiger partial charge in [0.05, 0.1) is 17.9 Å². The molecule has 1 aromatic rings. The highest BCUT2D eigenvalue weighted by atomic mass is 19.1. The minimum absolute atomic E-state index is 0.0596. The fraction of sp³-hybridized carbons (Fsp3) is 0.364. The Kier molecular flexibility index (Phi) is 3.05. The van der Waals surface area contributed by atoms with Crippen LogP contribution in [-0.2, 0) is 4.79 Å². The average Bonchev–Trinajstić information content (AvgIpc) is 2.51. The van der Waals surface area contributed by atoms with Crippen LogP contribution in [0.5, 0.6) is 0 Å². The summed E-state index contributed by atoms with van der Waals surface area (Å²) in [5, 5.41) is 2.99. The van der Waals surface area contributed by atoms with E-state index >= 15 is 0 Å². The van der Waals surface area contributed by atoms with Crippen LogP contribution in [0.25, 0.3) is 0 Å². The molecular formula is C11H14FN3O. The Bertz CT molecular complexity index is 408. The van der Waals surface area contributed by atoms with Crippen LogP contribution in [0, 0.1) is 5.82 Å². The fourth-order valence-corrected chi connectivity index (χ4v) is 1.85. The number of hydrogen-bond acceptors (Lipinski definition) is 3. The Morgan fingerprint density at radius 3 is 3.12 bits per heavy atom. The van der Waals surface area contributed by atoms with Crippen molar-refractivity contribution < 1.29 is 9.18 Å². The molecule has 0 aromatic heterocycles. The summed E-state index contributed by atoms with van der Waals surface area (Å²) in [4.78, 5) is 13.2. The van der Waals surface area contributed by atoms with Crippen LogP contribution < -0.4 is 16.0 Å². The third-order valence-corrected chi connectivity index (χ3v) is 2.62. The van der Waals surface area contributed by atoms with E-state index in [9.17, 15) is 9.18 Å². The highest BCUT2D eigenvalue weighted by molar-refractivity contribution is 5.98. The highest BCUT2D eigenvalue weighted by Crippen LogP contribution is 2.30. The zero-order chi connectivity index (χ0) is 11.5. The van der Waals surface area contributed by atoms with E-state index in [2.05, 4.69) is 5.32 Å². The Balaban J connectivity index is 2.44. The number of rotatable bonds is 1. The van der Waals surface area contributed by atoms with Crippen LogP contribution in [0.3, 0.4) is 0 Å². The first-order chi connectivity index (χ1) is 7.74. The van der Waals surface area contributed by atoms with Crippen LogP contribution in [0.15, 0.2) is 18.2 Å². The summed E-state index contributed by atoms with van der Waals surface area (Å²) < 4.78 is 13.6. The predicted molar refractivity (Wildman–Crippen MR) is 60.9 cm³/mol. The number of nitrogens with zero attached hydrogens (tertiary/aromatic N) is 1. The number of para-hydroxylation sites is 1. The molecule has 0 fully saturated rings. The van der Waals surface area contributed by atoms with E-state index in [0.717, 1.165) is 6.42 Å². The van der Waals surface area contributed by atoms with Crippen molar-refractivity contribution in [3.05, 3.63) is 24.0 Å². The summed E-state index contributed by atoms with van der Waals surface area (Å²) >= 11 is 0. The zero-order valence-electron chi connectivity index (χ0n) is 8.87. The van der Waals surface area contributed by atoms with Gasteiger partial charge in [-0.25, -0.2) is 4.39 Å². The van der Waals surface area contributed by atoms with E-state index in [0.29, 0.717) is 24.5 Å². The second kappa shape index (κ2) is 4.49. The van der Waals surface area contributed by atoms with Gasteiger partial charge in [0.25, 0.3) is 0 Å². The van der Waals surface area contributed by atoms with Gasteiger partial charge in [-0.3, -0.25) is 4.79 Å². The fourth-order valence-electron chi connectivity index (χ4n) is 1.85. The molecule has 0 spiro atoms. The van der Waals surface area contributed by atoms with Gasteiger partial charge in [0, 0.05) is 13.1 Å². The zero-order valence-corrected chi connectivity index (χ0v) is 8.87. The lowest BCUT2D eigenvalue weighted by Crippen LogP contribution is -2.36. The number of nitrogens with two attached hydrogens (primary N) is 1. The van der Waals surface area contributed by atoms with E-state index in [1.807, 2.05) is 0 Å². The smallest absolute Gasteiger partial charge is 0.240 e. The van der Waals surface area contributed by atoms with Crippen molar-refractivity contribution in [3.8, 4) is 0 Å². The highest BCUT2D eigenvalue weighted by Gasteiger charge is 2.21. The van der Waals surface area contributed by atoms with Crippen molar-refractivity contribution in [3.63, 3.8) is 0 Å². The van der Waals surface area contributed by atoms with Gasteiger partial charge >= 0.3 is 0 Å². The molecule has 1 heterocycles. The summed E-state index contributed by atoms with van der Waals surface area (Å²) in [6, 6.07) is 4.70. The number of carbonyl (C=O) groups excluding carboxylic acids is 1. The van der Waals surface area contributed by atoms with Crippen LogP contribution >= 0.6 is 0 Å². The molecule has 16 heavy (non-hydrogen) atoms. The summed E-state index contributed by atoms with van der Waals surface area (Å²) in [6.45, 7) is 1.16. The van der Waals surface area contributed by atoms with E-state index in [1.165, 1.54) is 6.07 Å². The van der Waals surface area contributed by atoms with Gasteiger partial charge in [0.15, 0.2) is 0 Å². The van der Waals surface area contributed by atoms with Crippen molar-refractivity contribution >= 4 is 17.3 Å². The van der Waals surface area contributed by atoms with Crippen molar-refractivity contribution in [2.45, 2.75) is 6.42 Å². The first-order valence-electron chi connectivity index (χ1n) is 5.27. The largest absolute Gasteiger partial charge is 0.381 e. The lowest BCUT2D eigenvalue weighted by molar-refractivity contribution is -0.117. The van der Waals surface area contributed by atoms with Gasteiger partial charge in [0.2, 0.25) is 5.91 Å². The normalized spacial score (nSPS) is 15.0. The molecule has 0 atom stereocenters. The maximum Gasteiger partial charge on any atom is 0.240 e. The maximum absolute atomic E-state index is 13.6. The van der Waals surface area contributed by atoms with Crippen LogP contribution in [0.1, 0.15) is 6.42 Å². The molecule has 1 aliphatic heterocycles. The molecule has 5 heteroatoms. The number of benzene rings is 1. The predicted octanol–water partition coefficient (Wildman–Crippen LogP) is 0.933. The van der Waals surface area contributed by atoms with Crippen LogP contribution in [0.2, 0.25) is 0 Å². The molecular weight excluding hydrogens is 209 g/mol. The number of fused-ring (bicyclic) bond motifs is 1. The number of amides is 1. The number of carbonyl (C=O) groups is 1. The molecule has 4 nitrogen and oxygen atoms in total. The minimum Gasteiger partial charge on any atom is -0.381 e. The number of hydrogen-bond donors (Lipinski definition) is 2. The SMILES string of the molecule is NCC(=O)N1CCCNc2c(F)cccc21. The first kappa shape index (κ1) is 10.9. The molecule has 86 valence electrons.